The van der Waals surface area contributed by atoms with Crippen LogP contribution in [0, 0.1) is 6.92 Å². The topological polar surface area (TPSA) is 80.3 Å². The maximum absolute atomic E-state index is 12.6. The van der Waals surface area contributed by atoms with Crippen LogP contribution in [-0.2, 0) is 13.1 Å². The molecule has 0 bridgehead atoms. The maximum atomic E-state index is 12.6. The molecule has 0 saturated carbocycles. The fraction of sp³-hybridized carbons (Fsp3) is 0.667. The molecule has 1 saturated heterocycles. The number of likely N-dealkylation sites (tertiary alicyclic amines) is 1. The number of rotatable bonds is 4. The number of carbonyl (C=O) groups is 1. The second kappa shape index (κ2) is 7.19. The van der Waals surface area contributed by atoms with E-state index in [9.17, 15) is 4.79 Å². The second-order valence-corrected chi connectivity index (χ2v) is 7.29. The van der Waals surface area contributed by atoms with Crippen molar-refractivity contribution in [1.82, 2.24) is 29.7 Å². The highest BCUT2D eigenvalue weighted by atomic mass is 16.5. The molecule has 0 N–H and O–H groups in total. The van der Waals surface area contributed by atoms with Gasteiger partial charge in [0.1, 0.15) is 11.6 Å². The summed E-state index contributed by atoms with van der Waals surface area (Å²) in [7, 11) is 0. The van der Waals surface area contributed by atoms with Crippen LogP contribution < -0.4 is 0 Å². The molecule has 0 aliphatic carbocycles. The average molecular weight is 358 g/mol. The molecule has 4 rings (SSSR count). The lowest BCUT2D eigenvalue weighted by atomic mass is 9.95. The Morgan fingerprint density at radius 1 is 1.23 bits per heavy atom. The minimum absolute atomic E-state index is 0.106. The van der Waals surface area contributed by atoms with E-state index in [-0.39, 0.29) is 5.91 Å². The molecule has 0 spiro atoms. The molecular formula is C18H26N6O2. The van der Waals surface area contributed by atoms with Gasteiger partial charge in [0.2, 0.25) is 0 Å². The molecule has 1 fully saturated rings. The highest BCUT2D eigenvalue weighted by Crippen LogP contribution is 2.28. The van der Waals surface area contributed by atoms with Gasteiger partial charge in [-0.05, 0) is 45.8 Å². The van der Waals surface area contributed by atoms with E-state index in [1.54, 1.807) is 17.9 Å². The molecule has 0 atom stereocenters. The molecule has 8 heteroatoms. The Labute approximate surface area is 153 Å². The number of hydrogen-bond acceptors (Lipinski definition) is 6. The fourth-order valence-electron chi connectivity index (χ4n) is 4.02. The van der Waals surface area contributed by atoms with Gasteiger partial charge in [0, 0.05) is 25.1 Å². The third-order valence-electron chi connectivity index (χ3n) is 5.41. The van der Waals surface area contributed by atoms with Crippen molar-refractivity contribution in [2.24, 2.45) is 0 Å². The molecule has 140 valence electrons. The molecular weight excluding hydrogens is 332 g/mol. The first-order valence-corrected chi connectivity index (χ1v) is 9.52. The van der Waals surface area contributed by atoms with Crippen LogP contribution >= 0.6 is 0 Å². The lowest BCUT2D eigenvalue weighted by Gasteiger charge is -2.32. The van der Waals surface area contributed by atoms with E-state index in [1.165, 1.54) is 13.0 Å². The first-order valence-electron chi connectivity index (χ1n) is 9.52. The quantitative estimate of drug-likeness (QED) is 0.829. The Balaban J connectivity index is 1.43. The summed E-state index contributed by atoms with van der Waals surface area (Å²) in [4.78, 5) is 16.9. The summed E-state index contributed by atoms with van der Waals surface area (Å²) in [5, 5.41) is 12.7. The highest BCUT2D eigenvalue weighted by Gasteiger charge is 2.30. The number of hydrogen-bond donors (Lipinski definition) is 0. The number of fused-ring (bicyclic) bond motifs is 1. The first kappa shape index (κ1) is 17.2. The summed E-state index contributed by atoms with van der Waals surface area (Å²) in [6.45, 7) is 9.35. The zero-order valence-electron chi connectivity index (χ0n) is 15.5. The average Bonchev–Trinajstić information content (AvgIpc) is 3.28. The largest absolute Gasteiger partial charge is 0.361 e. The van der Waals surface area contributed by atoms with Crippen molar-refractivity contribution in [3.05, 3.63) is 29.2 Å². The van der Waals surface area contributed by atoms with Crippen molar-refractivity contribution < 1.29 is 9.32 Å². The van der Waals surface area contributed by atoms with Crippen molar-refractivity contribution >= 4 is 5.91 Å². The molecule has 0 unspecified atom stereocenters. The Morgan fingerprint density at radius 2 is 2.04 bits per heavy atom. The summed E-state index contributed by atoms with van der Waals surface area (Å²) in [6.07, 6.45) is 3.48. The van der Waals surface area contributed by atoms with Gasteiger partial charge in [-0.3, -0.25) is 4.79 Å². The van der Waals surface area contributed by atoms with Crippen molar-refractivity contribution in [2.75, 3.05) is 26.2 Å². The molecule has 0 radical (unpaired) electrons. The summed E-state index contributed by atoms with van der Waals surface area (Å²) in [5.41, 5.74) is 0.360. The predicted molar refractivity (Wildman–Crippen MR) is 94.7 cm³/mol. The number of aryl methyl sites for hydroxylation is 1. The van der Waals surface area contributed by atoms with E-state index in [1.807, 2.05) is 0 Å². The van der Waals surface area contributed by atoms with Gasteiger partial charge in [0.25, 0.3) is 5.91 Å². The van der Waals surface area contributed by atoms with Crippen LogP contribution in [0.15, 0.2) is 10.6 Å². The Bertz CT molecular complexity index is 774. The second-order valence-electron chi connectivity index (χ2n) is 7.29. The van der Waals surface area contributed by atoms with Crippen LogP contribution in [0.25, 0.3) is 0 Å². The minimum atomic E-state index is -0.106. The van der Waals surface area contributed by atoms with Crippen LogP contribution in [0.5, 0.6) is 0 Å². The SMILES string of the molecule is CCCN1CCC(c2nnc3n2CCN(C(=O)c2cc(C)on2)C3)CC1. The van der Waals surface area contributed by atoms with E-state index >= 15 is 0 Å². The van der Waals surface area contributed by atoms with Gasteiger partial charge in [0.15, 0.2) is 11.5 Å². The van der Waals surface area contributed by atoms with Crippen LogP contribution in [0.2, 0.25) is 0 Å². The zero-order valence-corrected chi connectivity index (χ0v) is 15.5. The first-order chi connectivity index (χ1) is 12.7. The van der Waals surface area contributed by atoms with E-state index in [0.29, 0.717) is 30.5 Å². The monoisotopic (exact) mass is 358 g/mol. The molecule has 2 aliphatic heterocycles. The standard InChI is InChI=1S/C18H26N6O2/c1-3-6-22-7-4-14(5-8-22)17-20-19-16-12-23(9-10-24(16)17)18(25)15-11-13(2)26-21-15/h11,14H,3-10,12H2,1-2H3. The van der Waals surface area contributed by atoms with Gasteiger partial charge >= 0.3 is 0 Å². The number of carbonyl (C=O) groups excluding carboxylic acids is 1. The smallest absolute Gasteiger partial charge is 0.276 e. The van der Waals surface area contributed by atoms with Crippen molar-refractivity contribution in [3.63, 3.8) is 0 Å². The van der Waals surface area contributed by atoms with Gasteiger partial charge in [0.05, 0.1) is 6.54 Å². The number of piperidine rings is 1. The van der Waals surface area contributed by atoms with Gasteiger partial charge < -0.3 is 18.9 Å². The summed E-state index contributed by atoms with van der Waals surface area (Å²) in [5.74, 6) is 2.98. The van der Waals surface area contributed by atoms with E-state index in [4.69, 9.17) is 4.52 Å². The van der Waals surface area contributed by atoms with Crippen LogP contribution in [-0.4, -0.2) is 61.8 Å². The van der Waals surface area contributed by atoms with E-state index < -0.39 is 0 Å². The summed E-state index contributed by atoms with van der Waals surface area (Å²) < 4.78 is 7.24. The summed E-state index contributed by atoms with van der Waals surface area (Å²) >= 11 is 0. The van der Waals surface area contributed by atoms with Gasteiger partial charge in [-0.2, -0.15) is 0 Å². The zero-order chi connectivity index (χ0) is 18.1. The number of nitrogens with zero attached hydrogens (tertiary/aromatic N) is 6. The van der Waals surface area contributed by atoms with Crippen LogP contribution in [0.4, 0.5) is 0 Å². The lowest BCUT2D eigenvalue weighted by molar-refractivity contribution is 0.0695. The molecule has 26 heavy (non-hydrogen) atoms. The molecule has 8 nitrogen and oxygen atoms in total. The number of aromatic nitrogens is 4. The fourth-order valence-corrected chi connectivity index (χ4v) is 4.02. The minimum Gasteiger partial charge on any atom is -0.361 e. The Kier molecular flexibility index (Phi) is 4.76. The van der Waals surface area contributed by atoms with Gasteiger partial charge in [-0.25, -0.2) is 0 Å². The van der Waals surface area contributed by atoms with Gasteiger partial charge in [-0.1, -0.05) is 12.1 Å². The molecule has 2 aromatic rings. The predicted octanol–water partition coefficient (Wildman–Crippen LogP) is 1.82. The van der Waals surface area contributed by atoms with Crippen molar-refractivity contribution in [3.8, 4) is 0 Å². The maximum Gasteiger partial charge on any atom is 0.276 e. The Morgan fingerprint density at radius 3 is 2.73 bits per heavy atom. The third kappa shape index (κ3) is 3.25. The van der Waals surface area contributed by atoms with Crippen molar-refractivity contribution in [1.29, 1.82) is 0 Å². The molecule has 1 amide bonds. The van der Waals surface area contributed by atoms with Crippen molar-refractivity contribution in [2.45, 2.75) is 52.1 Å². The molecule has 2 aromatic heterocycles. The van der Waals surface area contributed by atoms with Crippen LogP contribution in [0.3, 0.4) is 0 Å². The highest BCUT2D eigenvalue weighted by molar-refractivity contribution is 5.92. The third-order valence-corrected chi connectivity index (χ3v) is 5.41. The Hall–Kier alpha value is -2.22. The molecule has 4 heterocycles. The van der Waals surface area contributed by atoms with E-state index in [2.05, 4.69) is 31.7 Å². The summed E-state index contributed by atoms with van der Waals surface area (Å²) in [6, 6.07) is 1.68. The normalized spacial score (nSPS) is 18.9. The molecule has 0 aromatic carbocycles. The van der Waals surface area contributed by atoms with Gasteiger partial charge in [-0.15, -0.1) is 10.2 Å². The number of amides is 1. The van der Waals surface area contributed by atoms with E-state index in [0.717, 1.165) is 44.1 Å². The van der Waals surface area contributed by atoms with Crippen LogP contribution in [0.1, 0.15) is 60.0 Å². The molecule has 2 aliphatic rings. The lowest BCUT2D eigenvalue weighted by Crippen LogP contribution is -2.39.